The number of hydrogen-bond donors (Lipinski definition) is 2. The van der Waals surface area contributed by atoms with Gasteiger partial charge in [0.1, 0.15) is 23.8 Å². The van der Waals surface area contributed by atoms with Gasteiger partial charge in [0.25, 0.3) is 0 Å². The Morgan fingerprint density at radius 1 is 0.938 bits per heavy atom. The predicted molar refractivity (Wildman–Crippen MR) is 183 cm³/mol. The summed E-state index contributed by atoms with van der Waals surface area (Å²) in [6.45, 7) is 2.15. The molecule has 1 aliphatic heterocycles. The molecule has 1 amide bonds. The largest absolute Gasteiger partial charge is 0.507 e. The highest BCUT2D eigenvalue weighted by Crippen LogP contribution is 2.45. The van der Waals surface area contributed by atoms with Crippen LogP contribution in [0.15, 0.2) is 60.7 Å². The Labute approximate surface area is 278 Å². The smallest absolute Gasteiger partial charge is 0.335 e. The first-order valence-electron chi connectivity index (χ1n) is 16.5. The van der Waals surface area contributed by atoms with E-state index in [4.69, 9.17) is 19.2 Å². The maximum Gasteiger partial charge on any atom is 0.335 e. The van der Waals surface area contributed by atoms with Crippen LogP contribution < -0.4 is 9.47 Å². The number of phenols is 1. The van der Waals surface area contributed by atoms with E-state index in [-0.39, 0.29) is 29.7 Å². The summed E-state index contributed by atoms with van der Waals surface area (Å²) in [6.07, 6.45) is 5.53. The molecular formula is C38H39N3O7. The maximum absolute atomic E-state index is 13.8. The fourth-order valence-corrected chi connectivity index (χ4v) is 7.36. The number of phenolic OH excluding ortho intramolecular Hbond substituents is 1. The lowest BCUT2D eigenvalue weighted by atomic mass is 9.81. The first-order valence-corrected chi connectivity index (χ1v) is 16.5. The summed E-state index contributed by atoms with van der Waals surface area (Å²) < 4.78 is 18.4. The number of methoxy groups -OCH3 is 2. The predicted octanol–water partition coefficient (Wildman–Crippen LogP) is 6.85. The third-order valence-corrected chi connectivity index (χ3v) is 9.75. The first kappa shape index (κ1) is 31.5. The number of fused-ring (bicyclic) bond motifs is 2. The number of carboxylic acid groups (broad SMARTS) is 1. The van der Waals surface area contributed by atoms with Crippen LogP contribution in [-0.4, -0.2) is 77.1 Å². The van der Waals surface area contributed by atoms with E-state index in [0.29, 0.717) is 49.1 Å². The lowest BCUT2D eigenvalue weighted by Crippen LogP contribution is -2.42. The van der Waals surface area contributed by atoms with E-state index < -0.39 is 5.97 Å². The minimum atomic E-state index is -1.00. The fourth-order valence-electron chi connectivity index (χ4n) is 7.36. The van der Waals surface area contributed by atoms with Crippen LogP contribution in [0.25, 0.3) is 44.3 Å². The topological polar surface area (TPSA) is 123 Å². The van der Waals surface area contributed by atoms with E-state index in [1.807, 2.05) is 39.8 Å². The molecule has 2 aliphatic rings. The van der Waals surface area contributed by atoms with Crippen molar-refractivity contribution in [2.45, 2.75) is 44.6 Å². The molecular weight excluding hydrogens is 610 g/mol. The Morgan fingerprint density at radius 2 is 1.73 bits per heavy atom. The minimum absolute atomic E-state index is 0.00183. The molecule has 2 N–H and O–H groups in total. The zero-order chi connectivity index (χ0) is 33.4. The van der Waals surface area contributed by atoms with Crippen LogP contribution in [0.3, 0.4) is 0 Å². The maximum atomic E-state index is 13.8. The number of aromatic nitrogens is 2. The van der Waals surface area contributed by atoms with Crippen LogP contribution in [-0.2, 0) is 16.1 Å². The third kappa shape index (κ3) is 5.81. The molecule has 0 radical (unpaired) electrons. The SMILES string of the molecule is COc1cc(O)c(-c2ccc3cc(-c4c(C5CCCCC5)c5ccc(C(=O)O)cc5n4CC(=O)N4CCOCC4)ccc3n2)c(OC)c1. The Hall–Kier alpha value is -5.09. The average Bonchev–Trinajstić information content (AvgIpc) is 3.44. The Bertz CT molecular complexity index is 2020. The second kappa shape index (κ2) is 13.2. The molecule has 1 saturated heterocycles. The second-order valence-corrected chi connectivity index (χ2v) is 12.5. The highest BCUT2D eigenvalue weighted by Gasteiger charge is 2.29. The van der Waals surface area contributed by atoms with Crippen molar-refractivity contribution < 1.29 is 34.0 Å². The number of carbonyl (C=O) groups excluding carboxylic acids is 1. The number of morpholine rings is 1. The van der Waals surface area contributed by atoms with Crippen molar-refractivity contribution in [3.8, 4) is 39.8 Å². The molecule has 0 unspecified atom stereocenters. The van der Waals surface area contributed by atoms with E-state index in [1.54, 1.807) is 18.2 Å². The molecule has 1 aliphatic carbocycles. The minimum Gasteiger partial charge on any atom is -0.507 e. The van der Waals surface area contributed by atoms with Crippen LogP contribution in [0.4, 0.5) is 0 Å². The number of nitrogens with zero attached hydrogens (tertiary/aromatic N) is 3. The van der Waals surface area contributed by atoms with Crippen molar-refractivity contribution >= 4 is 33.7 Å². The highest BCUT2D eigenvalue weighted by molar-refractivity contribution is 6.00. The van der Waals surface area contributed by atoms with Crippen LogP contribution in [0.1, 0.15) is 53.9 Å². The van der Waals surface area contributed by atoms with Gasteiger partial charge in [0, 0.05) is 36.0 Å². The van der Waals surface area contributed by atoms with Gasteiger partial charge in [-0.05, 0) is 60.2 Å². The molecule has 2 aromatic heterocycles. The highest BCUT2D eigenvalue weighted by atomic mass is 16.5. The van der Waals surface area contributed by atoms with Gasteiger partial charge in [0.15, 0.2) is 0 Å². The van der Waals surface area contributed by atoms with E-state index in [9.17, 15) is 19.8 Å². The number of hydrogen-bond acceptors (Lipinski definition) is 7. The molecule has 3 heterocycles. The van der Waals surface area contributed by atoms with Gasteiger partial charge in [0.05, 0.1) is 61.0 Å². The molecule has 0 bridgehead atoms. The molecule has 5 aromatic rings. The number of aromatic carboxylic acids is 1. The quantitative estimate of drug-likeness (QED) is 0.187. The van der Waals surface area contributed by atoms with Gasteiger partial charge in [0.2, 0.25) is 5.91 Å². The van der Waals surface area contributed by atoms with Crippen molar-refractivity contribution in [3.05, 3.63) is 71.8 Å². The summed E-state index contributed by atoms with van der Waals surface area (Å²) in [7, 11) is 3.07. The van der Waals surface area contributed by atoms with Crippen molar-refractivity contribution in [2.75, 3.05) is 40.5 Å². The molecule has 7 rings (SSSR count). The second-order valence-electron chi connectivity index (χ2n) is 12.5. The van der Waals surface area contributed by atoms with Crippen LogP contribution >= 0.6 is 0 Å². The average molecular weight is 650 g/mol. The number of aromatic hydroxyl groups is 1. The lowest BCUT2D eigenvalue weighted by molar-refractivity contribution is -0.135. The number of ether oxygens (including phenoxy) is 3. The number of pyridine rings is 1. The summed E-state index contributed by atoms with van der Waals surface area (Å²) >= 11 is 0. The van der Waals surface area contributed by atoms with Crippen LogP contribution in [0, 0.1) is 0 Å². The molecule has 10 heteroatoms. The summed E-state index contributed by atoms with van der Waals surface area (Å²) in [5.74, 6) is 0.188. The summed E-state index contributed by atoms with van der Waals surface area (Å²) in [6, 6.07) is 18.5. The lowest BCUT2D eigenvalue weighted by Gasteiger charge is -2.28. The van der Waals surface area contributed by atoms with Gasteiger partial charge in [-0.1, -0.05) is 37.5 Å². The number of amides is 1. The van der Waals surface area contributed by atoms with Crippen molar-refractivity contribution in [3.63, 3.8) is 0 Å². The summed E-state index contributed by atoms with van der Waals surface area (Å²) in [5.41, 5.74) is 5.76. The number of rotatable bonds is 8. The normalized spacial score (nSPS) is 15.6. The molecule has 0 atom stereocenters. The van der Waals surface area contributed by atoms with Gasteiger partial charge in [-0.2, -0.15) is 0 Å². The van der Waals surface area contributed by atoms with E-state index >= 15 is 0 Å². The van der Waals surface area contributed by atoms with Gasteiger partial charge < -0.3 is 33.9 Å². The van der Waals surface area contributed by atoms with E-state index in [0.717, 1.165) is 58.7 Å². The molecule has 10 nitrogen and oxygen atoms in total. The zero-order valence-corrected chi connectivity index (χ0v) is 27.2. The van der Waals surface area contributed by atoms with Crippen molar-refractivity contribution in [1.82, 2.24) is 14.5 Å². The third-order valence-electron chi connectivity index (χ3n) is 9.75. The van der Waals surface area contributed by atoms with E-state index in [2.05, 4.69) is 6.07 Å². The molecule has 3 aromatic carbocycles. The zero-order valence-electron chi connectivity index (χ0n) is 27.2. The number of carbonyl (C=O) groups is 2. The number of carboxylic acids is 1. The Balaban J connectivity index is 1.40. The fraction of sp³-hybridized carbons (Fsp3) is 0.342. The Morgan fingerprint density at radius 3 is 2.46 bits per heavy atom. The molecule has 0 spiro atoms. The van der Waals surface area contributed by atoms with Gasteiger partial charge in [-0.25, -0.2) is 9.78 Å². The Kier molecular flexibility index (Phi) is 8.66. The molecule has 1 saturated carbocycles. The summed E-state index contributed by atoms with van der Waals surface area (Å²) in [4.78, 5) is 32.6. The first-order chi connectivity index (χ1) is 23.4. The van der Waals surface area contributed by atoms with Gasteiger partial charge in [-0.15, -0.1) is 0 Å². The number of benzene rings is 3. The van der Waals surface area contributed by atoms with Crippen LogP contribution in [0.5, 0.6) is 17.2 Å². The standard InChI is InChI=1S/C38H39N3O7/c1-46-27-20-32(42)36(33(21-27)47-2)30-13-9-24-18-25(10-12-29(24)39-30)37-35(23-6-4-3-5-7-23)28-11-8-26(38(44)45)19-31(28)41(37)22-34(43)40-14-16-48-17-15-40/h8-13,18-21,23,42H,3-7,14-17,22H2,1-2H3,(H,44,45). The molecule has 2 fully saturated rings. The van der Waals surface area contributed by atoms with Gasteiger partial charge in [-0.3, -0.25) is 4.79 Å². The summed E-state index contributed by atoms with van der Waals surface area (Å²) in [5, 5.41) is 22.7. The van der Waals surface area contributed by atoms with Crippen LogP contribution in [0.2, 0.25) is 0 Å². The monoisotopic (exact) mass is 649 g/mol. The molecule has 48 heavy (non-hydrogen) atoms. The van der Waals surface area contributed by atoms with Gasteiger partial charge >= 0.3 is 5.97 Å². The van der Waals surface area contributed by atoms with Crippen molar-refractivity contribution in [2.24, 2.45) is 0 Å². The van der Waals surface area contributed by atoms with Crippen molar-refractivity contribution in [1.29, 1.82) is 0 Å². The molecule has 248 valence electrons. The van der Waals surface area contributed by atoms with E-state index in [1.165, 1.54) is 32.3 Å².